The van der Waals surface area contributed by atoms with Gasteiger partial charge < -0.3 is 10.6 Å². The lowest BCUT2D eigenvalue weighted by Crippen LogP contribution is -2.33. The van der Waals surface area contributed by atoms with E-state index in [4.69, 9.17) is 0 Å². The van der Waals surface area contributed by atoms with Gasteiger partial charge in [0.15, 0.2) is 0 Å². The first kappa shape index (κ1) is 11.9. The van der Waals surface area contributed by atoms with E-state index in [2.05, 4.69) is 24.6 Å². The van der Waals surface area contributed by atoms with Gasteiger partial charge in [-0.05, 0) is 38.9 Å². The molecule has 1 fully saturated rings. The van der Waals surface area contributed by atoms with E-state index in [-0.39, 0.29) is 0 Å². The molecule has 2 atom stereocenters. The molecule has 0 saturated carbocycles. The molecule has 1 aliphatic rings. The molecule has 1 aliphatic heterocycles. The molecule has 0 aromatic heterocycles. The first-order valence-electron chi connectivity index (χ1n) is 5.26. The van der Waals surface area contributed by atoms with Crippen LogP contribution in [0.5, 0.6) is 0 Å². The molecule has 0 spiro atoms. The maximum atomic E-state index is 3.38. The van der Waals surface area contributed by atoms with Crippen LogP contribution in [-0.4, -0.2) is 26.2 Å². The third-order valence-electron chi connectivity index (χ3n) is 2.48. The van der Waals surface area contributed by atoms with Gasteiger partial charge >= 0.3 is 0 Å². The van der Waals surface area contributed by atoms with Gasteiger partial charge in [-0.25, -0.2) is 0 Å². The molecule has 1 saturated heterocycles. The van der Waals surface area contributed by atoms with Crippen LogP contribution in [0.3, 0.4) is 0 Å². The monoisotopic (exact) mass is 172 g/mol. The molecule has 2 nitrogen and oxygen atoms in total. The van der Waals surface area contributed by atoms with E-state index >= 15 is 0 Å². The van der Waals surface area contributed by atoms with Gasteiger partial charge in [-0.15, -0.1) is 0 Å². The second kappa shape index (κ2) is 7.56. The molecule has 2 unspecified atom stereocenters. The fourth-order valence-corrected chi connectivity index (χ4v) is 1.79. The van der Waals surface area contributed by atoms with Crippen molar-refractivity contribution in [1.82, 2.24) is 10.6 Å². The lowest BCUT2D eigenvalue weighted by Gasteiger charge is -2.19. The second-order valence-electron chi connectivity index (χ2n) is 3.06. The zero-order valence-corrected chi connectivity index (χ0v) is 8.98. The summed E-state index contributed by atoms with van der Waals surface area (Å²) >= 11 is 0. The molecule has 0 radical (unpaired) electrons. The van der Waals surface area contributed by atoms with E-state index in [1.807, 2.05) is 13.8 Å². The maximum Gasteiger partial charge on any atom is 0.0102 e. The Morgan fingerprint density at radius 2 is 2.17 bits per heavy atom. The van der Waals surface area contributed by atoms with E-state index < -0.39 is 0 Å². The average Bonchev–Trinajstić information content (AvgIpc) is 2.64. The smallest absolute Gasteiger partial charge is 0.0102 e. The van der Waals surface area contributed by atoms with Gasteiger partial charge in [0.25, 0.3) is 0 Å². The Labute approximate surface area is 77.1 Å². The number of nitrogens with one attached hydrogen (secondary N) is 2. The largest absolute Gasteiger partial charge is 0.317 e. The van der Waals surface area contributed by atoms with E-state index in [1.54, 1.807) is 0 Å². The molecule has 1 rings (SSSR count). The minimum Gasteiger partial charge on any atom is -0.317 e. The summed E-state index contributed by atoms with van der Waals surface area (Å²) in [7, 11) is 2.06. The normalized spacial score (nSPS) is 24.5. The summed E-state index contributed by atoms with van der Waals surface area (Å²) in [6.45, 7) is 8.67. The van der Waals surface area contributed by atoms with Crippen LogP contribution in [0.2, 0.25) is 0 Å². The SMILES string of the molecule is CC.CCC(NC)C1CCNC1. The zero-order chi connectivity index (χ0) is 9.40. The Morgan fingerprint density at radius 1 is 1.50 bits per heavy atom. The van der Waals surface area contributed by atoms with Gasteiger partial charge in [-0.3, -0.25) is 0 Å². The maximum absolute atomic E-state index is 3.38. The van der Waals surface area contributed by atoms with Crippen molar-refractivity contribution in [3.63, 3.8) is 0 Å². The zero-order valence-electron chi connectivity index (χ0n) is 8.98. The van der Waals surface area contributed by atoms with Crippen molar-refractivity contribution in [3.05, 3.63) is 0 Å². The standard InChI is InChI=1S/C8H18N2.C2H6/c1-3-8(9-2)7-4-5-10-6-7;1-2/h7-10H,3-6H2,1-2H3;1-2H3. The molecule has 74 valence electrons. The minimum absolute atomic E-state index is 0.731. The molecule has 0 amide bonds. The first-order valence-corrected chi connectivity index (χ1v) is 5.26. The highest BCUT2D eigenvalue weighted by atomic mass is 14.9. The Balaban J connectivity index is 0.000000561. The highest BCUT2D eigenvalue weighted by Gasteiger charge is 2.21. The Bertz CT molecular complexity index is 83.8. The highest BCUT2D eigenvalue weighted by molar-refractivity contribution is 4.80. The van der Waals surface area contributed by atoms with Crippen LogP contribution in [0.1, 0.15) is 33.6 Å². The van der Waals surface area contributed by atoms with Crippen LogP contribution in [0.25, 0.3) is 0 Å². The lowest BCUT2D eigenvalue weighted by molar-refractivity contribution is 0.388. The predicted molar refractivity (Wildman–Crippen MR) is 55.5 cm³/mol. The molecule has 2 heteroatoms. The van der Waals surface area contributed by atoms with Crippen molar-refractivity contribution in [3.8, 4) is 0 Å². The molecule has 0 aromatic carbocycles. The lowest BCUT2D eigenvalue weighted by atomic mass is 9.97. The van der Waals surface area contributed by atoms with Crippen LogP contribution >= 0.6 is 0 Å². The molecule has 2 N–H and O–H groups in total. The van der Waals surface area contributed by atoms with E-state index in [1.165, 1.54) is 25.9 Å². The average molecular weight is 172 g/mol. The minimum atomic E-state index is 0.731. The first-order chi connectivity index (χ1) is 5.88. The fraction of sp³-hybridized carbons (Fsp3) is 1.00. The molecule has 0 aliphatic carbocycles. The van der Waals surface area contributed by atoms with E-state index in [9.17, 15) is 0 Å². The van der Waals surface area contributed by atoms with Crippen molar-refractivity contribution in [2.45, 2.75) is 39.7 Å². The molecule has 0 aromatic rings. The third kappa shape index (κ3) is 3.55. The van der Waals surface area contributed by atoms with Gasteiger partial charge in [-0.1, -0.05) is 20.8 Å². The Kier molecular flexibility index (Phi) is 7.51. The second-order valence-corrected chi connectivity index (χ2v) is 3.06. The Morgan fingerprint density at radius 3 is 2.50 bits per heavy atom. The van der Waals surface area contributed by atoms with E-state index in [0.717, 1.165) is 12.0 Å². The summed E-state index contributed by atoms with van der Waals surface area (Å²) in [6.07, 6.45) is 2.60. The number of hydrogen-bond donors (Lipinski definition) is 2. The summed E-state index contributed by atoms with van der Waals surface area (Å²) < 4.78 is 0. The Hall–Kier alpha value is -0.0800. The van der Waals surface area contributed by atoms with Crippen LogP contribution in [0.4, 0.5) is 0 Å². The summed E-state index contributed by atoms with van der Waals surface area (Å²) in [4.78, 5) is 0. The number of rotatable bonds is 3. The summed E-state index contributed by atoms with van der Waals surface area (Å²) in [5.41, 5.74) is 0. The molecule has 0 bridgehead atoms. The van der Waals surface area contributed by atoms with Crippen LogP contribution < -0.4 is 10.6 Å². The van der Waals surface area contributed by atoms with Gasteiger partial charge in [-0.2, -0.15) is 0 Å². The molecule has 12 heavy (non-hydrogen) atoms. The van der Waals surface area contributed by atoms with Crippen molar-refractivity contribution in [1.29, 1.82) is 0 Å². The van der Waals surface area contributed by atoms with Gasteiger partial charge in [0.1, 0.15) is 0 Å². The van der Waals surface area contributed by atoms with Gasteiger partial charge in [0.05, 0.1) is 0 Å². The summed E-state index contributed by atoms with van der Waals surface area (Å²) in [5.74, 6) is 0.870. The molecule has 1 heterocycles. The van der Waals surface area contributed by atoms with Crippen molar-refractivity contribution < 1.29 is 0 Å². The fourth-order valence-electron chi connectivity index (χ4n) is 1.79. The van der Waals surface area contributed by atoms with Crippen molar-refractivity contribution >= 4 is 0 Å². The van der Waals surface area contributed by atoms with Crippen LogP contribution in [-0.2, 0) is 0 Å². The van der Waals surface area contributed by atoms with Crippen molar-refractivity contribution in [2.75, 3.05) is 20.1 Å². The summed E-state index contributed by atoms with van der Waals surface area (Å²) in [5, 5.41) is 6.74. The van der Waals surface area contributed by atoms with Gasteiger partial charge in [0, 0.05) is 6.04 Å². The third-order valence-corrected chi connectivity index (χ3v) is 2.48. The quantitative estimate of drug-likeness (QED) is 0.676. The summed E-state index contributed by atoms with van der Waals surface area (Å²) in [6, 6.07) is 0.731. The van der Waals surface area contributed by atoms with E-state index in [0.29, 0.717) is 0 Å². The topological polar surface area (TPSA) is 24.1 Å². The highest BCUT2D eigenvalue weighted by Crippen LogP contribution is 2.14. The van der Waals surface area contributed by atoms with Crippen molar-refractivity contribution in [2.24, 2.45) is 5.92 Å². The van der Waals surface area contributed by atoms with Gasteiger partial charge in [0.2, 0.25) is 0 Å². The molecular weight excluding hydrogens is 148 g/mol. The van der Waals surface area contributed by atoms with Crippen LogP contribution in [0.15, 0.2) is 0 Å². The van der Waals surface area contributed by atoms with Crippen LogP contribution in [0, 0.1) is 5.92 Å². The number of hydrogen-bond acceptors (Lipinski definition) is 2. The predicted octanol–water partition coefficient (Wildman–Crippen LogP) is 1.62. The molecular formula is C10H24N2.